The number of nitrogens with one attached hydrogen (secondary N) is 2. The van der Waals surface area contributed by atoms with E-state index < -0.39 is 5.97 Å². The third-order valence-corrected chi connectivity index (χ3v) is 2.77. The molecule has 1 amide bonds. The predicted octanol–water partition coefficient (Wildman–Crippen LogP) is -1.64. The van der Waals surface area contributed by atoms with Gasteiger partial charge in [-0.05, 0) is 0 Å². The van der Waals surface area contributed by atoms with Gasteiger partial charge in [0.05, 0.1) is 31.9 Å². The lowest BCUT2D eigenvalue weighted by atomic mass is 10.2. The van der Waals surface area contributed by atoms with E-state index in [1.807, 2.05) is 0 Å². The van der Waals surface area contributed by atoms with Crippen LogP contribution in [-0.2, 0) is 27.4 Å². The highest BCUT2D eigenvalue weighted by molar-refractivity contribution is 5.76. The molecule has 1 saturated heterocycles. The highest BCUT2D eigenvalue weighted by Gasteiger charge is 2.17. The number of carboxylic acids is 1. The third-order valence-electron chi connectivity index (χ3n) is 2.77. The van der Waals surface area contributed by atoms with Crippen molar-refractivity contribution in [2.24, 2.45) is 0 Å². The Hall–Kier alpha value is -2.00. The van der Waals surface area contributed by atoms with Crippen LogP contribution in [0, 0.1) is 0 Å². The van der Waals surface area contributed by atoms with Crippen LogP contribution < -0.4 is 10.6 Å². The maximum atomic E-state index is 11.7. The molecule has 0 saturated carbocycles. The number of carbonyl (C=O) groups is 2. The van der Waals surface area contributed by atoms with Crippen LogP contribution in [0.2, 0.25) is 0 Å². The molecule has 9 nitrogen and oxygen atoms in total. The number of hydrogen-bond acceptors (Lipinski definition) is 6. The van der Waals surface area contributed by atoms with E-state index in [-0.39, 0.29) is 31.5 Å². The molecule has 0 spiro atoms. The first-order valence-electron chi connectivity index (χ1n) is 6.33. The molecule has 110 valence electrons. The molecule has 1 unspecified atom stereocenters. The Morgan fingerprint density at radius 1 is 1.60 bits per heavy atom. The summed E-state index contributed by atoms with van der Waals surface area (Å²) in [5, 5.41) is 21.9. The average molecular weight is 283 g/mol. The number of ether oxygens (including phenoxy) is 1. The van der Waals surface area contributed by atoms with Crippen LogP contribution in [0.5, 0.6) is 0 Å². The molecular weight excluding hydrogens is 266 g/mol. The van der Waals surface area contributed by atoms with Gasteiger partial charge in [0.15, 0.2) is 0 Å². The van der Waals surface area contributed by atoms with Gasteiger partial charge in [-0.1, -0.05) is 5.21 Å². The van der Waals surface area contributed by atoms with Crippen molar-refractivity contribution in [1.29, 1.82) is 0 Å². The molecule has 2 rings (SSSR count). The fourth-order valence-corrected chi connectivity index (χ4v) is 1.85. The lowest BCUT2D eigenvalue weighted by Crippen LogP contribution is -2.41. The van der Waals surface area contributed by atoms with Crippen LogP contribution in [0.3, 0.4) is 0 Å². The molecule has 0 aromatic carbocycles. The van der Waals surface area contributed by atoms with Crippen molar-refractivity contribution >= 4 is 11.9 Å². The number of morpholine rings is 1. The zero-order chi connectivity index (χ0) is 14.4. The molecule has 1 aromatic rings. The minimum Gasteiger partial charge on any atom is -0.480 e. The molecule has 3 N–H and O–H groups in total. The number of carboxylic acid groups (broad SMARTS) is 1. The number of aromatic nitrogens is 3. The second-order valence-corrected chi connectivity index (χ2v) is 4.48. The summed E-state index contributed by atoms with van der Waals surface area (Å²) < 4.78 is 6.63. The minimum absolute atomic E-state index is 0.105. The molecule has 1 atom stereocenters. The second-order valence-electron chi connectivity index (χ2n) is 4.48. The largest absolute Gasteiger partial charge is 0.480 e. The summed E-state index contributed by atoms with van der Waals surface area (Å²) in [6.45, 7) is 2.07. The van der Waals surface area contributed by atoms with Crippen LogP contribution in [0.25, 0.3) is 0 Å². The van der Waals surface area contributed by atoms with Crippen LogP contribution in [0.4, 0.5) is 0 Å². The van der Waals surface area contributed by atoms with Crippen LogP contribution >= 0.6 is 0 Å². The van der Waals surface area contributed by atoms with Gasteiger partial charge in [-0.3, -0.25) is 9.59 Å². The first-order chi connectivity index (χ1) is 9.63. The summed E-state index contributed by atoms with van der Waals surface area (Å²) in [6, 6.07) is 0. The van der Waals surface area contributed by atoms with Crippen LogP contribution in [-0.4, -0.2) is 57.8 Å². The Labute approximate surface area is 115 Å². The van der Waals surface area contributed by atoms with Crippen molar-refractivity contribution in [1.82, 2.24) is 25.6 Å². The number of carbonyl (C=O) groups excluding carboxylic acids is 1. The second kappa shape index (κ2) is 6.96. The number of rotatable bonds is 6. The van der Waals surface area contributed by atoms with Crippen molar-refractivity contribution in [3.63, 3.8) is 0 Å². The van der Waals surface area contributed by atoms with Gasteiger partial charge in [-0.25, -0.2) is 4.68 Å². The zero-order valence-corrected chi connectivity index (χ0v) is 10.9. The van der Waals surface area contributed by atoms with E-state index >= 15 is 0 Å². The number of nitrogens with zero attached hydrogens (tertiary/aromatic N) is 3. The van der Waals surface area contributed by atoms with E-state index in [2.05, 4.69) is 20.9 Å². The lowest BCUT2D eigenvalue weighted by Gasteiger charge is -2.22. The van der Waals surface area contributed by atoms with Gasteiger partial charge in [0.25, 0.3) is 0 Å². The van der Waals surface area contributed by atoms with Crippen LogP contribution in [0.1, 0.15) is 12.1 Å². The fourth-order valence-electron chi connectivity index (χ4n) is 1.85. The number of aliphatic carboxylic acids is 1. The molecule has 1 aliphatic rings. The SMILES string of the molecule is O=C(O)Cn1cc(CNC(=O)CC2CNCCO2)nn1. The summed E-state index contributed by atoms with van der Waals surface area (Å²) in [7, 11) is 0. The van der Waals surface area contributed by atoms with E-state index in [4.69, 9.17) is 9.84 Å². The normalized spacial score (nSPS) is 18.7. The molecule has 1 fully saturated rings. The molecular formula is C11H17N5O4. The quantitative estimate of drug-likeness (QED) is 0.573. The molecule has 9 heteroatoms. The van der Waals surface area contributed by atoms with E-state index in [0.29, 0.717) is 18.8 Å². The van der Waals surface area contributed by atoms with Crippen LogP contribution in [0.15, 0.2) is 6.20 Å². The van der Waals surface area contributed by atoms with E-state index in [0.717, 1.165) is 6.54 Å². The van der Waals surface area contributed by atoms with E-state index in [9.17, 15) is 9.59 Å². The van der Waals surface area contributed by atoms with Gasteiger partial charge in [-0.15, -0.1) is 5.10 Å². The molecule has 1 aromatic heterocycles. The topological polar surface area (TPSA) is 118 Å². The predicted molar refractivity (Wildman–Crippen MR) is 66.7 cm³/mol. The van der Waals surface area contributed by atoms with Crippen molar-refractivity contribution in [2.75, 3.05) is 19.7 Å². The summed E-state index contributed by atoms with van der Waals surface area (Å²) in [4.78, 5) is 22.2. The van der Waals surface area contributed by atoms with Gasteiger partial charge < -0.3 is 20.5 Å². The highest BCUT2D eigenvalue weighted by atomic mass is 16.5. The van der Waals surface area contributed by atoms with Gasteiger partial charge in [-0.2, -0.15) is 0 Å². The minimum atomic E-state index is -0.993. The van der Waals surface area contributed by atoms with Gasteiger partial charge in [0.1, 0.15) is 12.2 Å². The lowest BCUT2D eigenvalue weighted by molar-refractivity contribution is -0.138. The Kier molecular flexibility index (Phi) is 5.02. The first kappa shape index (κ1) is 14.4. The van der Waals surface area contributed by atoms with Gasteiger partial charge in [0.2, 0.25) is 5.91 Å². The monoisotopic (exact) mass is 283 g/mol. The van der Waals surface area contributed by atoms with Crippen molar-refractivity contribution in [2.45, 2.75) is 25.6 Å². The number of hydrogen-bond donors (Lipinski definition) is 3. The first-order valence-corrected chi connectivity index (χ1v) is 6.33. The molecule has 20 heavy (non-hydrogen) atoms. The molecule has 0 aliphatic carbocycles. The van der Waals surface area contributed by atoms with Crippen molar-refractivity contribution < 1.29 is 19.4 Å². The number of amides is 1. The third kappa shape index (κ3) is 4.59. The zero-order valence-electron chi connectivity index (χ0n) is 10.9. The Morgan fingerprint density at radius 2 is 2.45 bits per heavy atom. The summed E-state index contributed by atoms with van der Waals surface area (Å²) in [6.07, 6.45) is 1.68. The summed E-state index contributed by atoms with van der Waals surface area (Å²) >= 11 is 0. The van der Waals surface area contributed by atoms with E-state index in [1.54, 1.807) is 0 Å². The van der Waals surface area contributed by atoms with Crippen molar-refractivity contribution in [3.05, 3.63) is 11.9 Å². The van der Waals surface area contributed by atoms with E-state index in [1.165, 1.54) is 10.9 Å². The molecule has 0 radical (unpaired) electrons. The fraction of sp³-hybridized carbons (Fsp3) is 0.636. The smallest absolute Gasteiger partial charge is 0.325 e. The standard InChI is InChI=1S/C11H17N5O4/c17-10(3-9-5-12-1-2-20-9)13-4-8-6-16(15-14-8)7-11(18)19/h6,9,12H,1-5,7H2,(H,13,17)(H,18,19). The van der Waals surface area contributed by atoms with Gasteiger partial charge >= 0.3 is 5.97 Å². The Balaban J connectivity index is 1.72. The Morgan fingerprint density at radius 3 is 3.15 bits per heavy atom. The Bertz CT molecular complexity index is 469. The van der Waals surface area contributed by atoms with Crippen molar-refractivity contribution in [3.8, 4) is 0 Å². The molecule has 2 heterocycles. The average Bonchev–Trinajstić information content (AvgIpc) is 2.84. The molecule has 1 aliphatic heterocycles. The maximum Gasteiger partial charge on any atom is 0.325 e. The molecule has 0 bridgehead atoms. The van der Waals surface area contributed by atoms with Gasteiger partial charge in [0, 0.05) is 13.1 Å². The highest BCUT2D eigenvalue weighted by Crippen LogP contribution is 2.01. The maximum absolute atomic E-state index is 11.7. The summed E-state index contributed by atoms with van der Waals surface area (Å²) in [5.74, 6) is -1.13. The summed E-state index contributed by atoms with van der Waals surface area (Å²) in [5.41, 5.74) is 0.516.